The molecule has 0 radical (unpaired) electrons. The second kappa shape index (κ2) is 6.27. The summed E-state index contributed by atoms with van der Waals surface area (Å²) in [5, 5.41) is 3.66. The van der Waals surface area contributed by atoms with Crippen molar-refractivity contribution in [1.29, 1.82) is 0 Å². The Bertz CT molecular complexity index is 240. The van der Waals surface area contributed by atoms with Gasteiger partial charge in [-0.15, -0.1) is 12.3 Å². The van der Waals surface area contributed by atoms with Gasteiger partial charge in [0.1, 0.15) is 0 Å². The number of unbranched alkanes of at least 4 members (excludes halogenated alkanes) is 1. The molecule has 16 heavy (non-hydrogen) atoms. The molecule has 1 unspecified atom stereocenters. The lowest BCUT2D eigenvalue weighted by atomic mass is 10.0. The van der Waals surface area contributed by atoms with Crippen molar-refractivity contribution in [2.45, 2.75) is 57.0 Å². The second-order valence-electron chi connectivity index (χ2n) is 5.18. The highest BCUT2D eigenvalue weighted by atomic mass is 15.2. The van der Waals surface area contributed by atoms with E-state index in [-0.39, 0.29) is 0 Å². The maximum Gasteiger partial charge on any atom is 0.0220 e. The van der Waals surface area contributed by atoms with Crippen LogP contribution in [0.25, 0.3) is 0 Å². The third-order valence-corrected chi connectivity index (χ3v) is 3.74. The Hall–Kier alpha value is -0.520. The number of nitrogens with zero attached hydrogens (tertiary/aromatic N) is 1. The van der Waals surface area contributed by atoms with E-state index in [1.165, 1.54) is 51.7 Å². The number of hydrogen-bond donors (Lipinski definition) is 1. The summed E-state index contributed by atoms with van der Waals surface area (Å²) in [4.78, 5) is 2.65. The van der Waals surface area contributed by atoms with Crippen molar-refractivity contribution in [2.75, 3.05) is 19.6 Å². The molecular formula is C14H24N2. The molecule has 1 aliphatic heterocycles. The molecule has 2 fully saturated rings. The molecule has 1 saturated heterocycles. The van der Waals surface area contributed by atoms with E-state index in [0.717, 1.165) is 24.9 Å². The zero-order chi connectivity index (χ0) is 11.2. The van der Waals surface area contributed by atoms with Crippen LogP contribution in [-0.2, 0) is 0 Å². The van der Waals surface area contributed by atoms with Crippen molar-refractivity contribution in [1.82, 2.24) is 10.2 Å². The second-order valence-corrected chi connectivity index (χ2v) is 5.18. The molecule has 0 amide bonds. The maximum atomic E-state index is 5.30. The number of nitrogens with one attached hydrogen (secondary N) is 1. The SMILES string of the molecule is C#CCCCN1CCCCC1CNC1CC1. The van der Waals surface area contributed by atoms with Crippen LogP contribution in [0.4, 0.5) is 0 Å². The molecule has 0 spiro atoms. The van der Waals surface area contributed by atoms with Crippen LogP contribution in [0, 0.1) is 12.3 Å². The smallest absolute Gasteiger partial charge is 0.0220 e. The van der Waals surface area contributed by atoms with Crippen molar-refractivity contribution in [2.24, 2.45) is 0 Å². The van der Waals surface area contributed by atoms with E-state index in [9.17, 15) is 0 Å². The molecule has 1 N–H and O–H groups in total. The number of piperidine rings is 1. The van der Waals surface area contributed by atoms with Gasteiger partial charge in [-0.3, -0.25) is 4.90 Å². The van der Waals surface area contributed by atoms with Crippen LogP contribution in [0.5, 0.6) is 0 Å². The topological polar surface area (TPSA) is 15.3 Å². The van der Waals surface area contributed by atoms with E-state index in [4.69, 9.17) is 6.42 Å². The van der Waals surface area contributed by atoms with Gasteiger partial charge in [0, 0.05) is 25.0 Å². The molecule has 1 saturated carbocycles. The normalized spacial score (nSPS) is 26.6. The van der Waals surface area contributed by atoms with Crippen LogP contribution < -0.4 is 5.32 Å². The van der Waals surface area contributed by atoms with Gasteiger partial charge in [-0.05, 0) is 45.2 Å². The van der Waals surface area contributed by atoms with Gasteiger partial charge >= 0.3 is 0 Å². The first-order chi connectivity index (χ1) is 7.90. The largest absolute Gasteiger partial charge is 0.312 e. The molecule has 0 aromatic heterocycles. The standard InChI is InChI=1S/C14H24N2/c1-2-3-5-10-16-11-6-4-7-14(16)12-15-13-8-9-13/h1,13-15H,3-12H2. The molecule has 2 heteroatoms. The molecule has 2 rings (SSSR count). The third-order valence-electron chi connectivity index (χ3n) is 3.74. The Labute approximate surface area is 99.8 Å². The summed E-state index contributed by atoms with van der Waals surface area (Å²) in [6.07, 6.45) is 14.3. The zero-order valence-corrected chi connectivity index (χ0v) is 10.3. The van der Waals surface area contributed by atoms with Gasteiger partial charge in [0.15, 0.2) is 0 Å². The molecular weight excluding hydrogens is 196 g/mol. The first-order valence-corrected chi connectivity index (χ1v) is 6.81. The number of likely N-dealkylation sites (tertiary alicyclic amines) is 1. The Morgan fingerprint density at radius 1 is 1.25 bits per heavy atom. The molecule has 0 aromatic carbocycles. The average molecular weight is 220 g/mol. The molecule has 1 atom stereocenters. The number of rotatable bonds is 6. The Balaban J connectivity index is 1.69. The van der Waals surface area contributed by atoms with Gasteiger partial charge in [-0.25, -0.2) is 0 Å². The van der Waals surface area contributed by atoms with Gasteiger partial charge in [0.2, 0.25) is 0 Å². The minimum Gasteiger partial charge on any atom is -0.312 e. The lowest BCUT2D eigenvalue weighted by Crippen LogP contribution is -2.46. The van der Waals surface area contributed by atoms with Gasteiger partial charge < -0.3 is 5.32 Å². The molecule has 0 bridgehead atoms. The molecule has 90 valence electrons. The van der Waals surface area contributed by atoms with Gasteiger partial charge in [0.25, 0.3) is 0 Å². The fourth-order valence-electron chi connectivity index (χ4n) is 2.56. The van der Waals surface area contributed by atoms with Crippen LogP contribution in [0.2, 0.25) is 0 Å². The molecule has 1 heterocycles. The molecule has 2 aliphatic rings. The fraction of sp³-hybridized carbons (Fsp3) is 0.857. The summed E-state index contributed by atoms with van der Waals surface area (Å²) in [5.41, 5.74) is 0. The van der Waals surface area contributed by atoms with Crippen molar-refractivity contribution in [3.8, 4) is 12.3 Å². The highest BCUT2D eigenvalue weighted by Crippen LogP contribution is 2.21. The molecule has 0 aromatic rings. The first kappa shape index (κ1) is 12.0. The summed E-state index contributed by atoms with van der Waals surface area (Å²) < 4.78 is 0. The van der Waals surface area contributed by atoms with Crippen LogP contribution in [-0.4, -0.2) is 36.6 Å². The van der Waals surface area contributed by atoms with Crippen molar-refractivity contribution in [3.63, 3.8) is 0 Å². The first-order valence-electron chi connectivity index (χ1n) is 6.81. The van der Waals surface area contributed by atoms with Crippen molar-refractivity contribution in [3.05, 3.63) is 0 Å². The van der Waals surface area contributed by atoms with E-state index in [1.54, 1.807) is 0 Å². The third kappa shape index (κ3) is 3.81. The van der Waals surface area contributed by atoms with E-state index in [1.807, 2.05) is 0 Å². The minimum atomic E-state index is 0.770. The summed E-state index contributed by atoms with van der Waals surface area (Å²) >= 11 is 0. The molecule has 1 aliphatic carbocycles. The highest BCUT2D eigenvalue weighted by molar-refractivity contribution is 4.87. The van der Waals surface area contributed by atoms with Crippen LogP contribution in [0.15, 0.2) is 0 Å². The maximum absolute atomic E-state index is 5.30. The lowest BCUT2D eigenvalue weighted by molar-refractivity contribution is 0.144. The van der Waals surface area contributed by atoms with E-state index < -0.39 is 0 Å². The predicted molar refractivity (Wildman–Crippen MR) is 68.3 cm³/mol. The summed E-state index contributed by atoms with van der Waals surface area (Å²) in [6, 6.07) is 1.61. The zero-order valence-electron chi connectivity index (χ0n) is 10.3. The highest BCUT2D eigenvalue weighted by Gasteiger charge is 2.25. The van der Waals surface area contributed by atoms with Gasteiger partial charge in [-0.2, -0.15) is 0 Å². The number of terminal acetylenes is 1. The van der Waals surface area contributed by atoms with E-state index >= 15 is 0 Å². The quantitative estimate of drug-likeness (QED) is 0.544. The monoisotopic (exact) mass is 220 g/mol. The minimum absolute atomic E-state index is 0.770. The van der Waals surface area contributed by atoms with Gasteiger partial charge in [-0.1, -0.05) is 6.42 Å². The Morgan fingerprint density at radius 2 is 2.12 bits per heavy atom. The Kier molecular flexibility index (Phi) is 4.69. The Morgan fingerprint density at radius 3 is 2.88 bits per heavy atom. The fourth-order valence-corrected chi connectivity index (χ4v) is 2.56. The summed E-state index contributed by atoms with van der Waals surface area (Å²) in [6.45, 7) is 3.67. The predicted octanol–water partition coefficient (Wildman–Crippen LogP) is 2.01. The van der Waals surface area contributed by atoms with Crippen LogP contribution in [0.1, 0.15) is 44.9 Å². The van der Waals surface area contributed by atoms with Crippen molar-refractivity contribution < 1.29 is 0 Å². The van der Waals surface area contributed by atoms with Crippen LogP contribution in [0.3, 0.4) is 0 Å². The number of hydrogen-bond acceptors (Lipinski definition) is 2. The van der Waals surface area contributed by atoms with E-state index in [2.05, 4.69) is 16.1 Å². The van der Waals surface area contributed by atoms with Gasteiger partial charge in [0.05, 0.1) is 0 Å². The summed E-state index contributed by atoms with van der Waals surface area (Å²) in [5.74, 6) is 2.74. The molecule has 2 nitrogen and oxygen atoms in total. The summed E-state index contributed by atoms with van der Waals surface area (Å²) in [7, 11) is 0. The van der Waals surface area contributed by atoms with E-state index in [0.29, 0.717) is 0 Å². The lowest BCUT2D eigenvalue weighted by Gasteiger charge is -2.35. The average Bonchev–Trinajstić information content (AvgIpc) is 3.12. The van der Waals surface area contributed by atoms with Crippen molar-refractivity contribution >= 4 is 0 Å². The van der Waals surface area contributed by atoms with Crippen LogP contribution >= 0.6 is 0 Å².